The van der Waals surface area contributed by atoms with E-state index in [2.05, 4.69) is 34.8 Å². The zero-order chi connectivity index (χ0) is 14.9. The van der Waals surface area contributed by atoms with Crippen molar-refractivity contribution in [3.8, 4) is 5.75 Å². The molecule has 20 heavy (non-hydrogen) atoms. The van der Waals surface area contributed by atoms with Gasteiger partial charge in [0.15, 0.2) is 0 Å². The second-order valence-corrected chi connectivity index (χ2v) is 6.01. The van der Waals surface area contributed by atoms with Crippen LogP contribution >= 0.6 is 15.9 Å². The molecule has 1 aliphatic rings. The highest BCUT2D eigenvalue weighted by Crippen LogP contribution is 2.34. The van der Waals surface area contributed by atoms with Gasteiger partial charge in [0.2, 0.25) is 0 Å². The number of amidine groups is 1. The van der Waals surface area contributed by atoms with Crippen molar-refractivity contribution < 1.29 is 9.53 Å². The second kappa shape index (κ2) is 5.83. The Bertz CT molecular complexity index is 557. The van der Waals surface area contributed by atoms with Crippen LogP contribution in [-0.2, 0) is 0 Å². The molecule has 5 nitrogen and oxygen atoms in total. The van der Waals surface area contributed by atoms with E-state index in [1.165, 1.54) is 0 Å². The number of methoxy groups -OCH3 is 1. The number of rotatable bonds is 4. The molecule has 2 amide bonds. The number of nitrogens with two attached hydrogens (primary N) is 1. The molecule has 0 fully saturated rings. The highest BCUT2D eigenvalue weighted by Gasteiger charge is 2.36. The van der Waals surface area contributed by atoms with Gasteiger partial charge < -0.3 is 15.4 Å². The van der Waals surface area contributed by atoms with Crippen molar-refractivity contribution in [3.05, 3.63) is 28.2 Å². The van der Waals surface area contributed by atoms with Crippen LogP contribution in [0.5, 0.6) is 5.75 Å². The predicted octanol–water partition coefficient (Wildman–Crippen LogP) is 2.95. The second-order valence-electron chi connectivity index (χ2n) is 5.16. The number of hydrogen-bond donors (Lipinski definition) is 1. The van der Waals surface area contributed by atoms with E-state index in [0.29, 0.717) is 18.3 Å². The smallest absolute Gasteiger partial charge is 0.346 e. The number of nitrogens with zero attached hydrogens (tertiary/aromatic N) is 2. The van der Waals surface area contributed by atoms with E-state index in [0.717, 1.165) is 15.8 Å². The predicted molar refractivity (Wildman–Crippen MR) is 82.0 cm³/mol. The molecule has 0 bridgehead atoms. The Labute approximate surface area is 126 Å². The molecule has 0 saturated carbocycles. The molecule has 108 valence electrons. The van der Waals surface area contributed by atoms with E-state index in [1.54, 1.807) is 12.0 Å². The van der Waals surface area contributed by atoms with Crippen LogP contribution in [0.2, 0.25) is 0 Å². The Morgan fingerprint density at radius 2 is 2.20 bits per heavy atom. The van der Waals surface area contributed by atoms with Gasteiger partial charge in [-0.1, -0.05) is 29.8 Å². The van der Waals surface area contributed by atoms with Gasteiger partial charge in [-0.2, -0.15) is 4.99 Å². The summed E-state index contributed by atoms with van der Waals surface area (Å²) < 4.78 is 6.12. The molecule has 2 N–H and O–H groups in total. The van der Waals surface area contributed by atoms with Crippen LogP contribution in [0.4, 0.5) is 4.79 Å². The molecule has 0 aliphatic carbocycles. The highest BCUT2D eigenvalue weighted by atomic mass is 79.9. The zero-order valence-corrected chi connectivity index (χ0v) is 13.3. The Balaban J connectivity index is 2.42. The number of carbonyl (C=O) groups excluding carboxylic acids is 1. The van der Waals surface area contributed by atoms with Gasteiger partial charge in [-0.3, -0.25) is 0 Å². The molecule has 6 heteroatoms. The average Bonchev–Trinajstić information content (AvgIpc) is 2.65. The lowest BCUT2D eigenvalue weighted by atomic mass is 10.0. The van der Waals surface area contributed by atoms with Gasteiger partial charge in [0.1, 0.15) is 17.6 Å². The van der Waals surface area contributed by atoms with Crippen LogP contribution in [-0.4, -0.2) is 30.4 Å². The number of benzene rings is 1. The lowest BCUT2D eigenvalue weighted by Crippen LogP contribution is -2.36. The Morgan fingerprint density at radius 3 is 2.80 bits per heavy atom. The van der Waals surface area contributed by atoms with Gasteiger partial charge in [0.25, 0.3) is 0 Å². The molecular formula is C14H18BrN3O2. The van der Waals surface area contributed by atoms with Crippen LogP contribution in [0.15, 0.2) is 27.7 Å². The molecular weight excluding hydrogens is 322 g/mol. The van der Waals surface area contributed by atoms with Crippen molar-refractivity contribution in [1.82, 2.24) is 4.90 Å². The molecule has 0 spiro atoms. The highest BCUT2D eigenvalue weighted by molar-refractivity contribution is 9.10. The summed E-state index contributed by atoms with van der Waals surface area (Å²) in [7, 11) is 1.61. The first-order chi connectivity index (χ1) is 9.43. The molecule has 1 aliphatic heterocycles. The number of ether oxygens (including phenoxy) is 1. The van der Waals surface area contributed by atoms with E-state index >= 15 is 0 Å². The van der Waals surface area contributed by atoms with E-state index in [9.17, 15) is 4.79 Å². The third-order valence-corrected chi connectivity index (χ3v) is 3.84. The summed E-state index contributed by atoms with van der Waals surface area (Å²) in [6, 6.07) is 5.00. The number of hydrogen-bond acceptors (Lipinski definition) is 3. The molecule has 0 radical (unpaired) electrons. The number of amides is 2. The maximum atomic E-state index is 12.0. The largest absolute Gasteiger partial charge is 0.497 e. The first-order valence-corrected chi connectivity index (χ1v) is 7.21. The molecule has 1 heterocycles. The summed E-state index contributed by atoms with van der Waals surface area (Å²) in [5, 5.41) is 0. The van der Waals surface area contributed by atoms with Gasteiger partial charge in [-0.05, 0) is 24.1 Å². The molecule has 1 atom stereocenters. The molecule has 1 unspecified atom stereocenters. The number of urea groups is 1. The van der Waals surface area contributed by atoms with Crippen LogP contribution < -0.4 is 10.5 Å². The summed E-state index contributed by atoms with van der Waals surface area (Å²) in [6.07, 6.45) is 0. The van der Waals surface area contributed by atoms with Gasteiger partial charge >= 0.3 is 6.03 Å². The summed E-state index contributed by atoms with van der Waals surface area (Å²) in [6.45, 7) is 4.72. The monoisotopic (exact) mass is 339 g/mol. The van der Waals surface area contributed by atoms with Crippen molar-refractivity contribution >= 4 is 27.8 Å². The fourth-order valence-electron chi connectivity index (χ4n) is 2.27. The topological polar surface area (TPSA) is 67.9 Å². The zero-order valence-electron chi connectivity index (χ0n) is 11.8. The number of halogens is 1. The van der Waals surface area contributed by atoms with Crippen LogP contribution in [0, 0.1) is 5.92 Å². The molecule has 1 aromatic rings. The minimum atomic E-state index is -0.339. The molecule has 2 rings (SSSR count). The van der Waals surface area contributed by atoms with Crippen molar-refractivity contribution in [3.63, 3.8) is 0 Å². The van der Waals surface area contributed by atoms with Gasteiger partial charge in [-0.15, -0.1) is 0 Å². The first-order valence-electron chi connectivity index (χ1n) is 6.42. The van der Waals surface area contributed by atoms with Crippen molar-refractivity contribution in [2.45, 2.75) is 19.9 Å². The fraction of sp³-hybridized carbons (Fsp3) is 0.429. The Hall–Kier alpha value is -1.56. The van der Waals surface area contributed by atoms with E-state index in [-0.39, 0.29) is 12.1 Å². The van der Waals surface area contributed by atoms with Crippen molar-refractivity contribution in [2.75, 3.05) is 13.7 Å². The minimum Gasteiger partial charge on any atom is -0.497 e. The normalized spacial score (nSPS) is 18.6. The molecule has 0 aromatic heterocycles. The molecule has 0 saturated heterocycles. The SMILES string of the molecule is COc1ccc(Br)c(C2C(N)=NC(=O)N2CC(C)C)c1. The Kier molecular flexibility index (Phi) is 4.32. The van der Waals surface area contributed by atoms with E-state index < -0.39 is 0 Å². The Morgan fingerprint density at radius 1 is 1.50 bits per heavy atom. The summed E-state index contributed by atoms with van der Waals surface area (Å²) in [5.41, 5.74) is 6.84. The lowest BCUT2D eigenvalue weighted by molar-refractivity contribution is 0.198. The molecule has 1 aromatic carbocycles. The maximum Gasteiger partial charge on any atom is 0.346 e. The minimum absolute atomic E-state index is 0.282. The lowest BCUT2D eigenvalue weighted by Gasteiger charge is -2.27. The first kappa shape index (κ1) is 14.8. The van der Waals surface area contributed by atoms with Crippen LogP contribution in [0.1, 0.15) is 25.5 Å². The van der Waals surface area contributed by atoms with Gasteiger partial charge in [0, 0.05) is 16.6 Å². The van der Waals surface area contributed by atoms with Gasteiger partial charge in [0.05, 0.1) is 7.11 Å². The number of aliphatic imine (C=N–C) groups is 1. The quantitative estimate of drug-likeness (QED) is 0.916. The van der Waals surface area contributed by atoms with Crippen LogP contribution in [0.25, 0.3) is 0 Å². The third-order valence-electron chi connectivity index (χ3n) is 3.12. The third kappa shape index (κ3) is 2.80. The number of carbonyl (C=O) groups is 1. The van der Waals surface area contributed by atoms with Crippen LogP contribution in [0.3, 0.4) is 0 Å². The summed E-state index contributed by atoms with van der Waals surface area (Å²) in [4.78, 5) is 17.6. The maximum absolute atomic E-state index is 12.0. The fourth-order valence-corrected chi connectivity index (χ4v) is 2.73. The van der Waals surface area contributed by atoms with Gasteiger partial charge in [-0.25, -0.2) is 4.79 Å². The average molecular weight is 340 g/mol. The van der Waals surface area contributed by atoms with Crippen molar-refractivity contribution in [2.24, 2.45) is 16.6 Å². The van der Waals surface area contributed by atoms with E-state index in [4.69, 9.17) is 10.5 Å². The summed E-state index contributed by atoms with van der Waals surface area (Å²) >= 11 is 3.51. The summed E-state index contributed by atoms with van der Waals surface area (Å²) in [5.74, 6) is 1.39. The van der Waals surface area contributed by atoms with E-state index in [1.807, 2.05) is 18.2 Å². The van der Waals surface area contributed by atoms with Crippen molar-refractivity contribution in [1.29, 1.82) is 0 Å². The standard InChI is InChI=1S/C14H18BrN3O2/c1-8(2)7-18-12(13(16)17-14(18)19)10-6-9(20-3)4-5-11(10)15/h4-6,8,12H,7H2,1-3H3,(H2,16,17,19).